The number of benzene rings is 1. The van der Waals surface area contributed by atoms with Crippen molar-refractivity contribution < 1.29 is 0 Å². The Bertz CT molecular complexity index is 1250. The number of para-hydroxylation sites is 1. The van der Waals surface area contributed by atoms with E-state index in [2.05, 4.69) is 28.1 Å². The number of rotatable bonds is 4. The summed E-state index contributed by atoms with van der Waals surface area (Å²) in [4.78, 5) is 16.0. The van der Waals surface area contributed by atoms with Crippen molar-refractivity contribution in [2.45, 2.75) is 31.3 Å². The number of thiophene rings is 1. The minimum Gasteiger partial charge on any atom is -0.268 e. The summed E-state index contributed by atoms with van der Waals surface area (Å²) in [5.41, 5.74) is 2.05. The van der Waals surface area contributed by atoms with E-state index in [1.54, 1.807) is 27.7 Å². The summed E-state index contributed by atoms with van der Waals surface area (Å²) in [6.45, 7) is 6.10. The average Bonchev–Trinajstić information content (AvgIpc) is 3.28. The summed E-state index contributed by atoms with van der Waals surface area (Å²) in [6.07, 6.45) is 4.99. The van der Waals surface area contributed by atoms with Crippen molar-refractivity contribution in [1.82, 2.24) is 19.2 Å². The van der Waals surface area contributed by atoms with Gasteiger partial charge in [-0.2, -0.15) is 0 Å². The van der Waals surface area contributed by atoms with Crippen LogP contribution in [-0.2, 0) is 12.8 Å². The third kappa shape index (κ3) is 2.64. The van der Waals surface area contributed by atoms with Gasteiger partial charge in [0.1, 0.15) is 4.83 Å². The van der Waals surface area contributed by atoms with Crippen LogP contribution in [0.4, 0.5) is 0 Å². The van der Waals surface area contributed by atoms with Crippen LogP contribution < -0.4 is 5.56 Å². The third-order valence-corrected chi connectivity index (χ3v) is 7.44. The molecule has 7 heteroatoms. The van der Waals surface area contributed by atoms with Crippen molar-refractivity contribution in [3.63, 3.8) is 0 Å². The van der Waals surface area contributed by atoms with Crippen molar-refractivity contribution in [3.8, 4) is 5.69 Å². The Kier molecular flexibility index (Phi) is 4.36. The molecule has 5 rings (SSSR count). The minimum absolute atomic E-state index is 0.00780. The van der Waals surface area contributed by atoms with E-state index in [0.29, 0.717) is 11.7 Å². The highest BCUT2D eigenvalue weighted by Crippen LogP contribution is 2.38. The summed E-state index contributed by atoms with van der Waals surface area (Å²) >= 11 is 3.32. The number of thioether (sulfide) groups is 1. The largest absolute Gasteiger partial charge is 0.268 e. The van der Waals surface area contributed by atoms with Gasteiger partial charge in [-0.25, -0.2) is 8.97 Å². The fraction of sp³-hybridized carbons (Fsp3) is 0.286. The number of aromatic nitrogens is 4. The standard InChI is InChI=1S/C21H20N4OS2/c1-3-11-27-21-23-22-20-24(14-7-5-4-6-8-14)18(26)17-15-10-9-13(2)12-16(15)28-19(17)25(20)21/h3-8,13H,1,9-12H2,2H3. The van der Waals surface area contributed by atoms with Crippen LogP contribution in [-0.4, -0.2) is 24.9 Å². The first kappa shape index (κ1) is 17.7. The summed E-state index contributed by atoms with van der Waals surface area (Å²) in [5, 5.41) is 10.5. The maximum absolute atomic E-state index is 13.6. The van der Waals surface area contributed by atoms with E-state index in [1.165, 1.54) is 10.4 Å². The van der Waals surface area contributed by atoms with Crippen molar-refractivity contribution in [3.05, 3.63) is 63.8 Å². The number of nitrogens with zero attached hydrogens (tertiary/aromatic N) is 4. The van der Waals surface area contributed by atoms with Gasteiger partial charge < -0.3 is 0 Å². The van der Waals surface area contributed by atoms with Gasteiger partial charge in [-0.3, -0.25) is 4.79 Å². The van der Waals surface area contributed by atoms with Gasteiger partial charge in [-0.05, 0) is 42.9 Å². The molecule has 0 saturated heterocycles. The molecule has 5 nitrogen and oxygen atoms in total. The molecule has 142 valence electrons. The molecule has 0 fully saturated rings. The zero-order chi connectivity index (χ0) is 19.3. The van der Waals surface area contributed by atoms with Crippen LogP contribution in [0.1, 0.15) is 23.8 Å². The minimum atomic E-state index is 0.00780. The van der Waals surface area contributed by atoms with Crippen LogP contribution >= 0.6 is 23.1 Å². The van der Waals surface area contributed by atoms with Gasteiger partial charge in [0.2, 0.25) is 5.78 Å². The lowest BCUT2D eigenvalue weighted by atomic mass is 9.89. The molecule has 0 bridgehead atoms. The molecule has 0 saturated carbocycles. The lowest BCUT2D eigenvalue weighted by Crippen LogP contribution is -2.22. The highest BCUT2D eigenvalue weighted by atomic mass is 32.2. The van der Waals surface area contributed by atoms with E-state index in [-0.39, 0.29) is 5.56 Å². The van der Waals surface area contributed by atoms with Gasteiger partial charge in [-0.1, -0.05) is 43.0 Å². The van der Waals surface area contributed by atoms with E-state index in [9.17, 15) is 4.79 Å². The molecular weight excluding hydrogens is 388 g/mol. The Morgan fingerprint density at radius 3 is 2.93 bits per heavy atom. The highest BCUT2D eigenvalue weighted by Gasteiger charge is 2.27. The Morgan fingerprint density at radius 2 is 2.14 bits per heavy atom. The van der Waals surface area contributed by atoms with Gasteiger partial charge in [0.15, 0.2) is 5.16 Å². The number of fused-ring (bicyclic) bond motifs is 5. The fourth-order valence-electron chi connectivity index (χ4n) is 3.94. The predicted molar refractivity (Wildman–Crippen MR) is 116 cm³/mol. The smallest absolute Gasteiger partial charge is 0.268 e. The van der Waals surface area contributed by atoms with E-state index in [1.807, 2.05) is 36.4 Å². The first-order valence-electron chi connectivity index (χ1n) is 9.42. The van der Waals surface area contributed by atoms with Crippen LogP contribution in [0.2, 0.25) is 0 Å². The van der Waals surface area contributed by atoms with Crippen molar-refractivity contribution >= 4 is 39.1 Å². The summed E-state index contributed by atoms with van der Waals surface area (Å²) in [6, 6.07) is 9.72. The zero-order valence-electron chi connectivity index (χ0n) is 15.6. The molecule has 0 amide bonds. The lowest BCUT2D eigenvalue weighted by molar-refractivity contribution is 0.509. The normalized spacial score (nSPS) is 16.5. The van der Waals surface area contributed by atoms with Crippen molar-refractivity contribution in [2.24, 2.45) is 5.92 Å². The molecule has 3 aromatic heterocycles. The molecule has 0 spiro atoms. The second-order valence-corrected chi connectivity index (χ2v) is 9.30. The quantitative estimate of drug-likeness (QED) is 0.369. The molecule has 28 heavy (non-hydrogen) atoms. The van der Waals surface area contributed by atoms with E-state index >= 15 is 0 Å². The van der Waals surface area contributed by atoms with Crippen molar-refractivity contribution in [2.75, 3.05) is 5.75 Å². The van der Waals surface area contributed by atoms with E-state index in [0.717, 1.165) is 46.1 Å². The van der Waals surface area contributed by atoms with Crippen LogP contribution in [0.3, 0.4) is 0 Å². The molecule has 0 N–H and O–H groups in total. The first-order chi connectivity index (χ1) is 13.7. The van der Waals surface area contributed by atoms with Gasteiger partial charge in [0, 0.05) is 10.6 Å². The first-order valence-corrected chi connectivity index (χ1v) is 11.2. The number of hydrogen-bond donors (Lipinski definition) is 0. The second kappa shape index (κ2) is 6.90. The van der Waals surface area contributed by atoms with Crippen LogP contribution in [0.5, 0.6) is 0 Å². The summed E-state index contributed by atoms with van der Waals surface area (Å²) in [7, 11) is 0. The van der Waals surface area contributed by atoms with Gasteiger partial charge in [0.25, 0.3) is 5.56 Å². The Morgan fingerprint density at radius 1 is 1.32 bits per heavy atom. The summed E-state index contributed by atoms with van der Waals surface area (Å²) in [5.74, 6) is 1.97. The molecule has 0 aliphatic heterocycles. The fourth-order valence-corrected chi connectivity index (χ4v) is 6.16. The van der Waals surface area contributed by atoms with Crippen molar-refractivity contribution in [1.29, 1.82) is 0 Å². The maximum atomic E-state index is 13.6. The molecule has 1 aromatic carbocycles. The third-order valence-electron chi connectivity index (χ3n) is 5.27. The molecular formula is C21H20N4OS2. The monoisotopic (exact) mass is 408 g/mol. The average molecular weight is 409 g/mol. The molecule has 1 atom stereocenters. The van der Waals surface area contributed by atoms with Crippen LogP contribution in [0.15, 0.2) is 52.9 Å². The predicted octanol–water partition coefficient (Wildman–Crippen LogP) is 4.50. The highest BCUT2D eigenvalue weighted by molar-refractivity contribution is 7.99. The molecule has 0 radical (unpaired) electrons. The second-order valence-electron chi connectivity index (χ2n) is 7.23. The molecule has 1 aliphatic carbocycles. The summed E-state index contributed by atoms with van der Waals surface area (Å²) < 4.78 is 3.77. The van der Waals surface area contributed by atoms with E-state index < -0.39 is 0 Å². The lowest BCUT2D eigenvalue weighted by Gasteiger charge is -2.17. The topological polar surface area (TPSA) is 52.2 Å². The van der Waals surface area contributed by atoms with Crippen LogP contribution in [0, 0.1) is 5.92 Å². The Balaban J connectivity index is 1.91. The number of hydrogen-bond acceptors (Lipinski definition) is 5. The van der Waals surface area contributed by atoms with E-state index in [4.69, 9.17) is 0 Å². The molecule has 4 aromatic rings. The van der Waals surface area contributed by atoms with Gasteiger partial charge >= 0.3 is 0 Å². The van der Waals surface area contributed by atoms with Gasteiger partial charge in [-0.15, -0.1) is 28.1 Å². The number of aryl methyl sites for hydroxylation is 1. The maximum Gasteiger partial charge on any atom is 0.268 e. The Hall–Kier alpha value is -2.38. The van der Waals surface area contributed by atoms with Gasteiger partial charge in [0.05, 0.1) is 11.1 Å². The van der Waals surface area contributed by atoms with Crippen LogP contribution in [0.25, 0.3) is 21.7 Å². The zero-order valence-corrected chi connectivity index (χ0v) is 17.2. The SMILES string of the molecule is C=CCSc1nnc2n(-c3ccccc3)c(=O)c3c4c(sc3n12)CC(C)CC4. The molecule has 3 heterocycles. The Labute approximate surface area is 170 Å². The molecule has 1 aliphatic rings. The molecule has 1 unspecified atom stereocenters.